The van der Waals surface area contributed by atoms with Crippen molar-refractivity contribution >= 4 is 5.97 Å². The van der Waals surface area contributed by atoms with Crippen molar-refractivity contribution in [2.24, 2.45) is 0 Å². The van der Waals surface area contributed by atoms with E-state index in [0.29, 0.717) is 37.5 Å². The van der Waals surface area contributed by atoms with Crippen LogP contribution in [0, 0.1) is 0 Å². The van der Waals surface area contributed by atoms with Crippen LogP contribution >= 0.6 is 0 Å². The van der Waals surface area contributed by atoms with E-state index in [4.69, 9.17) is 18.9 Å². The molecule has 6 nitrogen and oxygen atoms in total. The molecule has 0 aromatic heterocycles. The van der Waals surface area contributed by atoms with Crippen LogP contribution in [0.4, 0.5) is 0 Å². The highest BCUT2D eigenvalue weighted by molar-refractivity contribution is 5.68. The number of halogens is 1. The first-order chi connectivity index (χ1) is 12.1. The van der Waals surface area contributed by atoms with Gasteiger partial charge in [0.05, 0.1) is 19.8 Å². The molecule has 0 amide bonds. The second-order valence-corrected chi connectivity index (χ2v) is 6.35. The molecule has 0 fully saturated rings. The molecule has 0 radical (unpaired) electrons. The first-order valence-corrected chi connectivity index (χ1v) is 9.88. The number of hydrogen-bond donors (Lipinski definition) is 0. The van der Waals surface area contributed by atoms with E-state index >= 15 is 0 Å². The lowest BCUT2D eigenvalue weighted by Gasteiger charge is -2.37. The molecule has 0 heterocycles. The molecule has 158 valence electrons. The van der Waals surface area contributed by atoms with Crippen LogP contribution in [0.25, 0.3) is 0 Å². The van der Waals surface area contributed by atoms with Gasteiger partial charge >= 0.3 is 5.97 Å². The van der Waals surface area contributed by atoms with Crippen LogP contribution in [0.2, 0.25) is 0 Å². The van der Waals surface area contributed by atoms with E-state index in [-0.39, 0.29) is 18.4 Å². The van der Waals surface area contributed by atoms with Gasteiger partial charge in [-0.05, 0) is 19.3 Å². The molecule has 0 unspecified atom stereocenters. The molecule has 7 heteroatoms. The Morgan fingerprint density at radius 3 is 1.38 bits per heavy atom. The van der Waals surface area contributed by atoms with Crippen molar-refractivity contribution in [1.29, 1.82) is 0 Å². The van der Waals surface area contributed by atoms with Gasteiger partial charge < -0.3 is 31.4 Å². The molecule has 0 bridgehead atoms. The number of esters is 1. The Kier molecular flexibility index (Phi) is 20.7. The largest absolute Gasteiger partial charge is 1.00 e. The topological polar surface area (TPSA) is 54.0 Å². The quantitative estimate of drug-likeness (QED) is 0.141. The molecule has 0 saturated carbocycles. The third-order valence-electron chi connectivity index (χ3n) is 3.96. The van der Waals surface area contributed by atoms with Gasteiger partial charge in [0, 0.05) is 26.2 Å². The third-order valence-corrected chi connectivity index (χ3v) is 3.96. The van der Waals surface area contributed by atoms with E-state index in [2.05, 4.69) is 20.8 Å². The summed E-state index contributed by atoms with van der Waals surface area (Å²) in [5.41, 5.74) is 0. The number of carbonyl (C=O) groups is 1. The molecule has 0 spiro atoms. The lowest BCUT2D eigenvalue weighted by atomic mass is 10.3. The van der Waals surface area contributed by atoms with Crippen molar-refractivity contribution in [1.82, 2.24) is 0 Å². The molecular formula is C19H40ClNO5. The minimum absolute atomic E-state index is 0. The summed E-state index contributed by atoms with van der Waals surface area (Å²) < 4.78 is 23.2. The van der Waals surface area contributed by atoms with Crippen LogP contribution < -0.4 is 12.4 Å². The number of ether oxygens (including phenoxy) is 4. The van der Waals surface area contributed by atoms with Crippen LogP contribution in [-0.4, -0.2) is 76.5 Å². The Morgan fingerprint density at radius 1 is 0.692 bits per heavy atom. The highest BCUT2D eigenvalue weighted by Crippen LogP contribution is 2.09. The van der Waals surface area contributed by atoms with Crippen LogP contribution in [0.15, 0.2) is 0 Å². The Balaban J connectivity index is 0. The predicted octanol–water partition coefficient (Wildman–Crippen LogP) is -0.00230. The zero-order valence-electron chi connectivity index (χ0n) is 17.3. The van der Waals surface area contributed by atoms with Crippen LogP contribution in [0.3, 0.4) is 0 Å². The second kappa shape index (κ2) is 19.4. The first kappa shape index (κ1) is 27.8. The minimum Gasteiger partial charge on any atom is -1.00 e. The number of carbonyl (C=O) groups excluding carboxylic acids is 1. The first-order valence-electron chi connectivity index (χ1n) is 9.88. The maximum absolute atomic E-state index is 11.7. The number of rotatable bonds is 18. The van der Waals surface area contributed by atoms with Crippen molar-refractivity contribution < 1.29 is 40.6 Å². The normalized spacial score (nSPS) is 11.2. The smallest absolute Gasteiger partial charge is 0.309 e. The average molecular weight is 398 g/mol. The molecule has 0 aliphatic heterocycles. The summed E-state index contributed by atoms with van der Waals surface area (Å²) in [6.45, 7) is 15.1. The van der Waals surface area contributed by atoms with Gasteiger partial charge in [-0.25, -0.2) is 0 Å². The van der Waals surface area contributed by atoms with Gasteiger partial charge in [0.1, 0.15) is 19.6 Å². The highest BCUT2D eigenvalue weighted by atomic mass is 35.5. The lowest BCUT2D eigenvalue weighted by Crippen LogP contribution is -3.00. The molecule has 0 rings (SSSR count). The molecule has 0 atom stereocenters. The summed E-state index contributed by atoms with van der Waals surface area (Å²) in [7, 11) is 0. The van der Waals surface area contributed by atoms with Crippen molar-refractivity contribution in [3.05, 3.63) is 0 Å². The summed E-state index contributed by atoms with van der Waals surface area (Å²) in [4.78, 5) is 11.7. The fourth-order valence-corrected chi connectivity index (χ4v) is 2.35. The predicted molar refractivity (Wildman–Crippen MR) is 99.4 cm³/mol. The van der Waals surface area contributed by atoms with Gasteiger partial charge in [-0.1, -0.05) is 27.7 Å². The molecule has 26 heavy (non-hydrogen) atoms. The molecule has 0 saturated heterocycles. The van der Waals surface area contributed by atoms with Crippen LogP contribution in [-0.2, 0) is 23.7 Å². The summed E-state index contributed by atoms with van der Waals surface area (Å²) >= 11 is 0. The Hall–Kier alpha value is -0.400. The maximum atomic E-state index is 11.7. The number of nitrogens with zero attached hydrogens (tertiary/aromatic N) is 1. The fourth-order valence-electron chi connectivity index (χ4n) is 2.35. The molecule has 0 aliphatic rings. The Labute approximate surface area is 166 Å². The van der Waals surface area contributed by atoms with Gasteiger partial charge in [0.2, 0.25) is 6.73 Å². The molecular weight excluding hydrogens is 358 g/mol. The van der Waals surface area contributed by atoms with Gasteiger partial charge in [0.25, 0.3) is 0 Å². The van der Waals surface area contributed by atoms with Gasteiger partial charge in [-0.2, -0.15) is 0 Å². The minimum atomic E-state index is -0.166. The summed E-state index contributed by atoms with van der Waals surface area (Å²) in [6.07, 6.45) is 3.41. The van der Waals surface area contributed by atoms with Crippen LogP contribution in [0.1, 0.15) is 53.4 Å². The summed E-state index contributed by atoms with van der Waals surface area (Å²) in [5, 5.41) is 0. The van der Waals surface area contributed by atoms with E-state index in [1.165, 1.54) is 0 Å². The second-order valence-electron chi connectivity index (χ2n) is 6.35. The molecule has 0 aromatic carbocycles. The summed E-state index contributed by atoms with van der Waals surface area (Å²) in [6, 6.07) is 0. The zero-order chi connectivity index (χ0) is 18.8. The monoisotopic (exact) mass is 397 g/mol. The van der Waals surface area contributed by atoms with Crippen molar-refractivity contribution in [3.63, 3.8) is 0 Å². The van der Waals surface area contributed by atoms with Gasteiger partial charge in [-0.3, -0.25) is 9.28 Å². The Morgan fingerprint density at radius 2 is 1.08 bits per heavy atom. The molecule has 0 aliphatic carbocycles. The molecule has 0 aromatic rings. The maximum Gasteiger partial charge on any atom is 0.309 e. The Bertz CT molecular complexity index is 287. The van der Waals surface area contributed by atoms with Crippen LogP contribution in [0.5, 0.6) is 0 Å². The number of quaternary nitrogens is 1. The van der Waals surface area contributed by atoms with E-state index in [0.717, 1.165) is 58.7 Å². The lowest BCUT2D eigenvalue weighted by molar-refractivity contribution is -0.944. The van der Waals surface area contributed by atoms with Crippen molar-refractivity contribution in [2.45, 2.75) is 53.4 Å². The average Bonchev–Trinajstić information content (AvgIpc) is 2.63. The fraction of sp³-hybridized carbons (Fsp3) is 0.947. The van der Waals surface area contributed by atoms with E-state index in [9.17, 15) is 4.79 Å². The highest BCUT2D eigenvalue weighted by Gasteiger charge is 2.29. The van der Waals surface area contributed by atoms with Gasteiger partial charge in [0.15, 0.2) is 0 Å². The van der Waals surface area contributed by atoms with Gasteiger partial charge in [-0.15, -0.1) is 0 Å². The molecule has 0 N–H and O–H groups in total. The van der Waals surface area contributed by atoms with E-state index in [1.807, 2.05) is 6.92 Å². The SMILES string of the molecule is CCCOCC[N+](CCOCCC)(CCOCCC)COC(=O)CC.[Cl-]. The van der Waals surface area contributed by atoms with Crippen molar-refractivity contribution in [2.75, 3.05) is 66.0 Å². The standard InChI is InChI=1S/C19H40NO5.ClH/c1-5-12-22-15-9-20(10-16-23-13-6-2,11-17-24-14-7-3)18-25-19(21)8-4;/h5-18H2,1-4H3;1H/q+1;/p-1. The van der Waals surface area contributed by atoms with E-state index in [1.54, 1.807) is 0 Å². The van der Waals surface area contributed by atoms with Crippen molar-refractivity contribution in [3.8, 4) is 0 Å². The summed E-state index contributed by atoms with van der Waals surface area (Å²) in [5.74, 6) is -0.166. The third kappa shape index (κ3) is 14.7. The zero-order valence-corrected chi connectivity index (χ0v) is 18.0. The van der Waals surface area contributed by atoms with E-state index < -0.39 is 0 Å². The number of hydrogen-bond acceptors (Lipinski definition) is 5.